The lowest BCUT2D eigenvalue weighted by atomic mass is 10.0. The van der Waals surface area contributed by atoms with Crippen LogP contribution in [0.5, 0.6) is 0 Å². The van der Waals surface area contributed by atoms with Crippen molar-refractivity contribution in [3.05, 3.63) is 23.5 Å². The highest BCUT2D eigenvalue weighted by atomic mass is 19.3. The fourth-order valence-corrected chi connectivity index (χ4v) is 1.04. The van der Waals surface area contributed by atoms with Gasteiger partial charge in [0, 0.05) is 13.0 Å². The quantitative estimate of drug-likeness (QED) is 0.709. The van der Waals surface area contributed by atoms with Crippen molar-refractivity contribution >= 4 is 0 Å². The topological polar surface area (TPSA) is 35.2 Å². The van der Waals surface area contributed by atoms with Crippen LogP contribution in [0.1, 0.15) is 12.8 Å². The van der Waals surface area contributed by atoms with Gasteiger partial charge < -0.3 is 10.5 Å². The molecule has 0 radical (unpaired) electrons. The highest BCUT2D eigenvalue weighted by Crippen LogP contribution is 2.20. The number of alkyl halides is 2. The van der Waals surface area contributed by atoms with Gasteiger partial charge in [0.05, 0.1) is 0 Å². The zero-order valence-electron chi connectivity index (χ0n) is 6.59. The lowest BCUT2D eigenvalue weighted by Crippen LogP contribution is -2.08. The predicted octanol–water partition coefficient (Wildman–Crippen LogP) is 1.79. The van der Waals surface area contributed by atoms with Gasteiger partial charge in [-0.2, -0.15) is 8.78 Å². The third kappa shape index (κ3) is 2.62. The maximum atomic E-state index is 11.7. The van der Waals surface area contributed by atoms with Crippen LogP contribution in [0.2, 0.25) is 0 Å². The second-order valence-corrected chi connectivity index (χ2v) is 2.54. The zero-order valence-corrected chi connectivity index (χ0v) is 6.59. The second kappa shape index (κ2) is 4.21. The standard InChI is InChI=1S/C8H11F2NO/c9-8(10)12-7-3-1-6(5-11)2-4-7/h1,3,8H,2,4-5,11H2. The van der Waals surface area contributed by atoms with E-state index in [-0.39, 0.29) is 0 Å². The average Bonchev–Trinajstić information content (AvgIpc) is 2.05. The summed E-state index contributed by atoms with van der Waals surface area (Å²) in [5.74, 6) is 0.335. The molecule has 4 heteroatoms. The number of nitrogens with two attached hydrogens (primary N) is 1. The van der Waals surface area contributed by atoms with Crippen LogP contribution >= 0.6 is 0 Å². The summed E-state index contributed by atoms with van der Waals surface area (Å²) in [4.78, 5) is 0. The van der Waals surface area contributed by atoms with Crippen molar-refractivity contribution in [2.24, 2.45) is 5.73 Å². The molecule has 0 fully saturated rings. The van der Waals surface area contributed by atoms with Gasteiger partial charge >= 0.3 is 6.61 Å². The molecule has 0 spiro atoms. The van der Waals surface area contributed by atoms with Crippen LogP contribution < -0.4 is 5.73 Å². The monoisotopic (exact) mass is 175 g/mol. The van der Waals surface area contributed by atoms with Crippen molar-refractivity contribution in [2.45, 2.75) is 19.5 Å². The fourth-order valence-electron chi connectivity index (χ4n) is 1.04. The molecule has 12 heavy (non-hydrogen) atoms. The molecule has 2 N–H and O–H groups in total. The van der Waals surface area contributed by atoms with E-state index < -0.39 is 6.61 Å². The van der Waals surface area contributed by atoms with Gasteiger partial charge in [0.25, 0.3) is 0 Å². The molecule has 1 rings (SSSR count). The lowest BCUT2D eigenvalue weighted by Gasteiger charge is -2.13. The first-order valence-corrected chi connectivity index (χ1v) is 3.76. The largest absolute Gasteiger partial charge is 0.439 e. The van der Waals surface area contributed by atoms with Gasteiger partial charge in [0.2, 0.25) is 0 Å². The second-order valence-electron chi connectivity index (χ2n) is 2.54. The van der Waals surface area contributed by atoms with E-state index in [1.807, 2.05) is 0 Å². The van der Waals surface area contributed by atoms with E-state index in [9.17, 15) is 8.78 Å². The Kier molecular flexibility index (Phi) is 3.22. The van der Waals surface area contributed by atoms with Crippen molar-refractivity contribution in [1.29, 1.82) is 0 Å². The molecule has 0 saturated carbocycles. The third-order valence-electron chi connectivity index (χ3n) is 1.70. The molecule has 0 unspecified atom stereocenters. The summed E-state index contributed by atoms with van der Waals surface area (Å²) in [6, 6.07) is 0. The molecule has 0 aliphatic heterocycles. The van der Waals surface area contributed by atoms with E-state index in [2.05, 4.69) is 4.74 Å². The van der Waals surface area contributed by atoms with Gasteiger partial charge in [-0.25, -0.2) is 0 Å². The Morgan fingerprint density at radius 3 is 2.58 bits per heavy atom. The minimum absolute atomic E-state index is 0.335. The Morgan fingerprint density at radius 2 is 2.17 bits per heavy atom. The maximum Gasteiger partial charge on any atom is 0.387 e. The highest BCUT2D eigenvalue weighted by molar-refractivity contribution is 5.21. The molecule has 0 atom stereocenters. The molecule has 0 bridgehead atoms. The molecule has 0 aromatic rings. The van der Waals surface area contributed by atoms with E-state index >= 15 is 0 Å². The molecule has 2 nitrogen and oxygen atoms in total. The van der Waals surface area contributed by atoms with Crippen LogP contribution in [0.4, 0.5) is 8.78 Å². The predicted molar refractivity (Wildman–Crippen MR) is 41.5 cm³/mol. The highest BCUT2D eigenvalue weighted by Gasteiger charge is 2.10. The summed E-state index contributed by atoms with van der Waals surface area (Å²) in [6.45, 7) is -2.23. The number of hydrogen-bond donors (Lipinski definition) is 1. The van der Waals surface area contributed by atoms with Crippen LogP contribution in [0.25, 0.3) is 0 Å². The number of ether oxygens (including phenoxy) is 1. The molecule has 0 saturated heterocycles. The zero-order chi connectivity index (χ0) is 8.97. The van der Waals surface area contributed by atoms with Gasteiger partial charge in [-0.05, 0) is 12.5 Å². The number of rotatable bonds is 3. The molecule has 68 valence electrons. The third-order valence-corrected chi connectivity index (χ3v) is 1.70. The minimum atomic E-state index is -2.72. The normalized spacial score (nSPS) is 17.3. The first-order valence-electron chi connectivity index (χ1n) is 3.76. The minimum Gasteiger partial charge on any atom is -0.439 e. The van der Waals surface area contributed by atoms with Crippen LogP contribution in [-0.4, -0.2) is 13.2 Å². The van der Waals surface area contributed by atoms with Gasteiger partial charge in [0.1, 0.15) is 5.76 Å². The van der Waals surface area contributed by atoms with Crippen molar-refractivity contribution < 1.29 is 13.5 Å². The van der Waals surface area contributed by atoms with Gasteiger partial charge in [-0.15, -0.1) is 0 Å². The van der Waals surface area contributed by atoms with E-state index in [0.717, 1.165) is 12.0 Å². The number of hydrogen-bond acceptors (Lipinski definition) is 2. The molecular formula is C8H11F2NO. The Morgan fingerprint density at radius 1 is 1.42 bits per heavy atom. The van der Waals surface area contributed by atoms with Crippen molar-refractivity contribution in [1.82, 2.24) is 0 Å². The van der Waals surface area contributed by atoms with Gasteiger partial charge in [0.15, 0.2) is 0 Å². The van der Waals surface area contributed by atoms with Crippen molar-refractivity contribution in [3.63, 3.8) is 0 Å². The molecule has 1 aliphatic rings. The molecule has 0 heterocycles. The first kappa shape index (κ1) is 9.19. The van der Waals surface area contributed by atoms with Gasteiger partial charge in [-0.1, -0.05) is 11.6 Å². The fraction of sp³-hybridized carbons (Fsp3) is 0.500. The van der Waals surface area contributed by atoms with Crippen LogP contribution in [0, 0.1) is 0 Å². The summed E-state index contributed by atoms with van der Waals surface area (Å²) >= 11 is 0. The maximum absolute atomic E-state index is 11.7. The SMILES string of the molecule is NCC1=CC=C(OC(F)F)CC1. The molecule has 1 aliphatic carbocycles. The molecular weight excluding hydrogens is 164 g/mol. The van der Waals surface area contributed by atoms with E-state index in [1.54, 1.807) is 12.2 Å². The first-order chi connectivity index (χ1) is 5.72. The Balaban J connectivity index is 2.48. The Hall–Kier alpha value is -0.900. The number of allylic oxidation sites excluding steroid dienone is 3. The van der Waals surface area contributed by atoms with Crippen molar-refractivity contribution in [3.8, 4) is 0 Å². The van der Waals surface area contributed by atoms with E-state index in [4.69, 9.17) is 5.73 Å². The van der Waals surface area contributed by atoms with Gasteiger partial charge in [-0.3, -0.25) is 0 Å². The average molecular weight is 175 g/mol. The summed E-state index contributed by atoms with van der Waals surface area (Å²) in [6.07, 6.45) is 4.53. The Labute approximate surface area is 69.7 Å². The molecule has 0 aromatic carbocycles. The summed E-state index contributed by atoms with van der Waals surface area (Å²) in [5, 5.41) is 0. The van der Waals surface area contributed by atoms with E-state index in [1.165, 1.54) is 0 Å². The molecule has 0 amide bonds. The van der Waals surface area contributed by atoms with Crippen molar-refractivity contribution in [2.75, 3.05) is 6.54 Å². The Bertz CT molecular complexity index is 211. The van der Waals surface area contributed by atoms with Crippen LogP contribution in [-0.2, 0) is 4.74 Å². The summed E-state index contributed by atoms with van der Waals surface area (Å²) in [5.41, 5.74) is 6.43. The summed E-state index contributed by atoms with van der Waals surface area (Å²) in [7, 11) is 0. The van der Waals surface area contributed by atoms with E-state index in [0.29, 0.717) is 18.7 Å². The number of halogens is 2. The van der Waals surface area contributed by atoms with Crippen LogP contribution in [0.15, 0.2) is 23.5 Å². The smallest absolute Gasteiger partial charge is 0.387 e. The summed E-state index contributed by atoms with van der Waals surface area (Å²) < 4.78 is 27.6. The van der Waals surface area contributed by atoms with Crippen LogP contribution in [0.3, 0.4) is 0 Å². The molecule has 0 aromatic heterocycles. The lowest BCUT2D eigenvalue weighted by molar-refractivity contribution is -0.0985.